The number of hydrogen-bond acceptors (Lipinski definition) is 4. The van der Waals surface area contributed by atoms with E-state index in [1.807, 2.05) is 25.8 Å². The topological polar surface area (TPSA) is 61.8 Å². The van der Waals surface area contributed by atoms with Crippen LogP contribution in [0, 0.1) is 0 Å². The van der Waals surface area contributed by atoms with Gasteiger partial charge in [0.05, 0.1) is 6.61 Å². The van der Waals surface area contributed by atoms with Crippen LogP contribution in [0.4, 0.5) is 0 Å². The molecule has 0 heterocycles. The monoisotopic (exact) mass is 218 g/mol. The molecule has 0 aliphatic carbocycles. The van der Waals surface area contributed by atoms with Crippen LogP contribution in [0.15, 0.2) is 0 Å². The van der Waals surface area contributed by atoms with Gasteiger partial charge in [-0.15, -0.1) is 0 Å². The summed E-state index contributed by atoms with van der Waals surface area (Å²) in [4.78, 5) is 12.8. The molecule has 0 aromatic carbocycles. The Balaban J connectivity index is 3.78. The second kappa shape index (κ2) is 8.64. The number of carbonyl (C=O) groups is 1. The Morgan fingerprint density at radius 2 is 2.20 bits per heavy atom. The smallest absolute Gasteiger partial charge is 0.322 e. The molecule has 0 saturated heterocycles. The van der Waals surface area contributed by atoms with Crippen molar-refractivity contribution in [2.24, 2.45) is 0 Å². The van der Waals surface area contributed by atoms with Crippen molar-refractivity contribution >= 4 is 5.97 Å². The van der Waals surface area contributed by atoms with Crippen molar-refractivity contribution < 1.29 is 14.6 Å². The summed E-state index contributed by atoms with van der Waals surface area (Å²) in [7, 11) is 1.90. The zero-order valence-electron chi connectivity index (χ0n) is 9.82. The Bertz CT molecular complexity index is 176. The van der Waals surface area contributed by atoms with E-state index in [0.717, 1.165) is 6.54 Å². The molecule has 0 amide bonds. The number of likely N-dealkylation sites (N-methyl/N-ethyl adjacent to an activating group) is 2. The van der Waals surface area contributed by atoms with E-state index in [1.165, 1.54) is 0 Å². The van der Waals surface area contributed by atoms with E-state index in [1.54, 1.807) is 0 Å². The zero-order chi connectivity index (χ0) is 11.7. The Kier molecular flexibility index (Phi) is 8.27. The van der Waals surface area contributed by atoms with Crippen LogP contribution in [0.1, 0.15) is 13.8 Å². The zero-order valence-corrected chi connectivity index (χ0v) is 9.82. The van der Waals surface area contributed by atoms with Crippen molar-refractivity contribution in [3.63, 3.8) is 0 Å². The molecule has 0 fully saturated rings. The van der Waals surface area contributed by atoms with Gasteiger partial charge in [-0.1, -0.05) is 6.92 Å². The standard InChI is InChI=1S/C10H22N2O3/c1-4-11-9(10(13)14)8-12(3)6-7-15-5-2/h9,11H,4-8H2,1-3H3,(H,13,14). The number of aliphatic carboxylic acids is 1. The van der Waals surface area contributed by atoms with Crippen molar-refractivity contribution in [3.8, 4) is 0 Å². The molecule has 0 aliphatic heterocycles. The minimum atomic E-state index is -0.805. The molecular weight excluding hydrogens is 196 g/mol. The Labute approximate surface area is 91.4 Å². The van der Waals surface area contributed by atoms with Gasteiger partial charge < -0.3 is 20.1 Å². The number of carboxylic acids is 1. The van der Waals surface area contributed by atoms with E-state index < -0.39 is 12.0 Å². The summed E-state index contributed by atoms with van der Waals surface area (Å²) < 4.78 is 5.20. The van der Waals surface area contributed by atoms with E-state index >= 15 is 0 Å². The summed E-state index contributed by atoms with van der Waals surface area (Å²) in [5.74, 6) is -0.805. The van der Waals surface area contributed by atoms with Crippen molar-refractivity contribution in [3.05, 3.63) is 0 Å². The number of nitrogens with zero attached hydrogens (tertiary/aromatic N) is 1. The van der Waals surface area contributed by atoms with Crippen LogP contribution in [-0.2, 0) is 9.53 Å². The summed E-state index contributed by atoms with van der Waals surface area (Å²) in [5.41, 5.74) is 0. The van der Waals surface area contributed by atoms with E-state index in [4.69, 9.17) is 9.84 Å². The van der Waals surface area contributed by atoms with E-state index in [0.29, 0.717) is 26.3 Å². The third kappa shape index (κ3) is 7.30. The molecule has 1 unspecified atom stereocenters. The average Bonchev–Trinajstić information content (AvgIpc) is 2.17. The Morgan fingerprint density at radius 1 is 1.53 bits per heavy atom. The summed E-state index contributed by atoms with van der Waals surface area (Å²) in [5, 5.41) is 11.8. The molecule has 0 radical (unpaired) electrons. The highest BCUT2D eigenvalue weighted by molar-refractivity contribution is 5.73. The maximum absolute atomic E-state index is 10.8. The third-order valence-electron chi connectivity index (χ3n) is 2.06. The van der Waals surface area contributed by atoms with Gasteiger partial charge in [0, 0.05) is 19.7 Å². The third-order valence-corrected chi connectivity index (χ3v) is 2.06. The largest absolute Gasteiger partial charge is 0.480 e. The predicted octanol–water partition coefficient (Wildman–Crippen LogP) is 0.0174. The minimum absolute atomic E-state index is 0.496. The van der Waals surface area contributed by atoms with Gasteiger partial charge >= 0.3 is 5.97 Å². The van der Waals surface area contributed by atoms with Crippen LogP contribution in [0.25, 0.3) is 0 Å². The summed E-state index contributed by atoms with van der Waals surface area (Å²) >= 11 is 0. The molecule has 5 nitrogen and oxygen atoms in total. The van der Waals surface area contributed by atoms with Crippen molar-refractivity contribution in [2.45, 2.75) is 19.9 Å². The van der Waals surface area contributed by atoms with Gasteiger partial charge in [0.15, 0.2) is 0 Å². The first-order valence-corrected chi connectivity index (χ1v) is 5.34. The lowest BCUT2D eigenvalue weighted by Crippen LogP contribution is -2.45. The number of ether oxygens (including phenoxy) is 1. The van der Waals surface area contributed by atoms with Crippen molar-refractivity contribution in [1.82, 2.24) is 10.2 Å². The first-order chi connectivity index (χ1) is 7.11. The molecule has 0 bridgehead atoms. The van der Waals surface area contributed by atoms with Crippen molar-refractivity contribution in [1.29, 1.82) is 0 Å². The lowest BCUT2D eigenvalue weighted by Gasteiger charge is -2.21. The minimum Gasteiger partial charge on any atom is -0.480 e. The highest BCUT2D eigenvalue weighted by Gasteiger charge is 2.17. The molecule has 5 heteroatoms. The molecule has 0 aromatic heterocycles. The van der Waals surface area contributed by atoms with E-state index in [-0.39, 0.29) is 0 Å². The van der Waals surface area contributed by atoms with E-state index in [9.17, 15) is 4.79 Å². The molecule has 0 aliphatic rings. The average molecular weight is 218 g/mol. The van der Waals surface area contributed by atoms with Gasteiger partial charge in [-0.05, 0) is 20.5 Å². The maximum atomic E-state index is 10.8. The molecule has 1 atom stereocenters. The summed E-state index contributed by atoms with van der Waals surface area (Å²) in [6.45, 7) is 7.10. The fourth-order valence-electron chi connectivity index (χ4n) is 1.24. The van der Waals surface area contributed by atoms with Crippen LogP contribution in [0.2, 0.25) is 0 Å². The van der Waals surface area contributed by atoms with Gasteiger partial charge in [-0.3, -0.25) is 4.79 Å². The lowest BCUT2D eigenvalue weighted by atomic mass is 10.2. The number of rotatable bonds is 9. The van der Waals surface area contributed by atoms with Gasteiger partial charge in [-0.2, -0.15) is 0 Å². The second-order valence-electron chi connectivity index (χ2n) is 3.41. The normalized spacial score (nSPS) is 13.1. The van der Waals surface area contributed by atoms with Gasteiger partial charge in [0.1, 0.15) is 6.04 Å². The van der Waals surface area contributed by atoms with Crippen LogP contribution in [0.3, 0.4) is 0 Å². The maximum Gasteiger partial charge on any atom is 0.322 e. The highest BCUT2D eigenvalue weighted by Crippen LogP contribution is 1.90. The summed E-state index contributed by atoms with van der Waals surface area (Å²) in [6.07, 6.45) is 0. The van der Waals surface area contributed by atoms with Gasteiger partial charge in [0.25, 0.3) is 0 Å². The molecule has 15 heavy (non-hydrogen) atoms. The van der Waals surface area contributed by atoms with Gasteiger partial charge in [0.2, 0.25) is 0 Å². The molecular formula is C10H22N2O3. The number of nitrogens with one attached hydrogen (secondary N) is 1. The number of hydrogen-bond donors (Lipinski definition) is 2. The fourth-order valence-corrected chi connectivity index (χ4v) is 1.24. The molecule has 0 rings (SSSR count). The second-order valence-corrected chi connectivity index (χ2v) is 3.41. The van der Waals surface area contributed by atoms with Crippen molar-refractivity contribution in [2.75, 3.05) is 39.9 Å². The molecule has 0 aromatic rings. The summed E-state index contributed by atoms with van der Waals surface area (Å²) in [6, 6.07) is -0.498. The Morgan fingerprint density at radius 3 is 2.67 bits per heavy atom. The molecule has 90 valence electrons. The van der Waals surface area contributed by atoms with Crippen LogP contribution >= 0.6 is 0 Å². The van der Waals surface area contributed by atoms with E-state index in [2.05, 4.69) is 5.32 Å². The lowest BCUT2D eigenvalue weighted by molar-refractivity contribution is -0.139. The first-order valence-electron chi connectivity index (χ1n) is 5.34. The fraction of sp³-hybridized carbons (Fsp3) is 0.900. The van der Waals surface area contributed by atoms with Crippen LogP contribution in [-0.4, -0.2) is 61.9 Å². The highest BCUT2D eigenvalue weighted by atomic mass is 16.5. The van der Waals surface area contributed by atoms with Crippen LogP contribution < -0.4 is 5.32 Å². The molecule has 2 N–H and O–H groups in total. The quantitative estimate of drug-likeness (QED) is 0.534. The van der Waals surface area contributed by atoms with Gasteiger partial charge in [-0.25, -0.2) is 0 Å². The predicted molar refractivity (Wildman–Crippen MR) is 59.1 cm³/mol. The molecule has 0 saturated carbocycles. The Hall–Kier alpha value is -0.650. The SMILES string of the molecule is CCNC(CN(C)CCOCC)C(=O)O. The number of carboxylic acid groups (broad SMARTS) is 1. The first kappa shape index (κ1) is 14.3. The van der Waals surface area contributed by atoms with Crippen LogP contribution in [0.5, 0.6) is 0 Å². The molecule has 0 spiro atoms.